The molecule has 45 heavy (non-hydrogen) atoms. The van der Waals surface area contributed by atoms with Crippen LogP contribution in [0.25, 0.3) is 0 Å². The summed E-state index contributed by atoms with van der Waals surface area (Å²) < 4.78 is 131. The van der Waals surface area contributed by atoms with Crippen LogP contribution in [-0.2, 0) is 68.0 Å². The third-order valence-electron chi connectivity index (χ3n) is 5.06. The minimum atomic E-state index is -5.69. The Kier molecular flexibility index (Phi) is 22.9. The van der Waals surface area contributed by atoms with E-state index in [0.29, 0.717) is 6.08 Å². The Morgan fingerprint density at radius 1 is 0.933 bits per heavy atom. The van der Waals surface area contributed by atoms with Gasteiger partial charge >= 0.3 is 124 Å². The Labute approximate surface area is 346 Å². The number of esters is 1. The van der Waals surface area contributed by atoms with E-state index in [9.17, 15) is 63.8 Å². The van der Waals surface area contributed by atoms with Crippen molar-refractivity contribution < 1.29 is 209 Å². The van der Waals surface area contributed by atoms with Gasteiger partial charge in [-0.2, -0.15) is 0 Å². The van der Waals surface area contributed by atoms with E-state index >= 15 is 0 Å². The van der Waals surface area contributed by atoms with Gasteiger partial charge in [0.2, 0.25) is 33.4 Å². The number of rotatable bonds is 11. The molecule has 2 rings (SSSR count). The van der Waals surface area contributed by atoms with Crippen LogP contribution in [-0.4, -0.2) is 117 Å². The van der Waals surface area contributed by atoms with E-state index in [4.69, 9.17) is 18.9 Å². The fourth-order valence-electron chi connectivity index (χ4n) is 3.30. The number of carboxylic acid groups (broad SMARTS) is 1. The number of hydrogen-bond donors (Lipinski definition) is 3. The van der Waals surface area contributed by atoms with Crippen LogP contribution in [0.3, 0.4) is 0 Å². The Hall–Kier alpha value is 1.93. The Balaban J connectivity index is -0.00000441. The molecular weight excluding hydrogens is 726 g/mol. The number of carbonyl (C=O) groups is 2. The van der Waals surface area contributed by atoms with Crippen LogP contribution in [0.2, 0.25) is 0 Å². The van der Waals surface area contributed by atoms with E-state index in [1.807, 2.05) is 0 Å². The van der Waals surface area contributed by atoms with Gasteiger partial charge in [0, 0.05) is 0 Å². The van der Waals surface area contributed by atoms with E-state index in [1.54, 1.807) is 0 Å². The second-order valence-electron chi connectivity index (χ2n) is 9.34. The van der Waals surface area contributed by atoms with Crippen molar-refractivity contribution in [2.75, 3.05) is 6.61 Å². The van der Waals surface area contributed by atoms with Crippen molar-refractivity contribution in [2.45, 2.75) is 69.9 Å². The van der Waals surface area contributed by atoms with Crippen molar-refractivity contribution in [3.63, 3.8) is 0 Å². The first-order valence-electron chi connectivity index (χ1n) is 10.8. The van der Waals surface area contributed by atoms with Gasteiger partial charge in [-0.05, 0) is 26.8 Å². The van der Waals surface area contributed by atoms with Crippen LogP contribution < -0.4 is 128 Å². The predicted molar refractivity (Wildman–Crippen MR) is 116 cm³/mol. The summed E-state index contributed by atoms with van der Waals surface area (Å²) >= 11 is 0. The number of nitrogens with one attached hydrogen (secondary N) is 1. The molecule has 0 unspecified atom stereocenters. The van der Waals surface area contributed by atoms with Crippen LogP contribution in [0, 0.1) is 5.41 Å². The molecule has 2 aliphatic heterocycles. The number of aliphatic hydroxyl groups is 2. The van der Waals surface area contributed by atoms with E-state index in [1.165, 1.54) is 25.5 Å². The Morgan fingerprint density at radius 2 is 1.47 bits per heavy atom. The van der Waals surface area contributed by atoms with Gasteiger partial charge in [-0.25, -0.2) is 30.0 Å². The van der Waals surface area contributed by atoms with Crippen LogP contribution >= 0.6 is 0 Å². The molecule has 1 fully saturated rings. The van der Waals surface area contributed by atoms with Crippen LogP contribution in [0.1, 0.15) is 20.8 Å². The number of ether oxygens (including phenoxy) is 4. The summed E-state index contributed by atoms with van der Waals surface area (Å²) in [6.07, 6.45) is -16.0. The maximum absolute atomic E-state index is 12.4. The van der Waals surface area contributed by atoms with Gasteiger partial charge in [0.15, 0.2) is 16.4 Å². The van der Waals surface area contributed by atoms with Crippen molar-refractivity contribution in [1.82, 2.24) is 4.72 Å². The SMILES string of the molecule is CC(C)(C)C(=O)O[C@@H]1O[C@H](COS(=O)(=O)[O-])[C@@H](O[C@@H]2OC(C(=O)[O-])=C[C@H](O)[C@H]2OS(=O)(=O)[O-])[C@H](O)[C@H]1NS(=O)(=O)[O-].[Na+].[Na+].[Na+].[Na+]. The molecule has 2 heterocycles. The smallest absolute Gasteiger partial charge is 0.735 e. The maximum Gasteiger partial charge on any atom is 1.00 e. The van der Waals surface area contributed by atoms with Crippen LogP contribution in [0.15, 0.2) is 11.8 Å². The Morgan fingerprint density at radius 3 is 1.89 bits per heavy atom. The molecule has 0 aromatic rings. The second kappa shape index (κ2) is 20.1. The molecule has 0 aliphatic carbocycles. The van der Waals surface area contributed by atoms with Gasteiger partial charge in [0.25, 0.3) is 0 Å². The quantitative estimate of drug-likeness (QED) is 0.0764. The molecule has 21 nitrogen and oxygen atoms in total. The first kappa shape index (κ1) is 51.3. The zero-order valence-corrected chi connectivity index (χ0v) is 35.3. The summed E-state index contributed by atoms with van der Waals surface area (Å²) in [7, 11) is -16.7. The van der Waals surface area contributed by atoms with Crippen molar-refractivity contribution in [3.05, 3.63) is 11.8 Å². The molecule has 0 aromatic carbocycles. The molecule has 28 heteroatoms. The minimum absolute atomic E-state index is 0. The van der Waals surface area contributed by atoms with Crippen LogP contribution in [0.5, 0.6) is 0 Å². The van der Waals surface area contributed by atoms with E-state index in [-0.39, 0.29) is 118 Å². The maximum atomic E-state index is 12.4. The van der Waals surface area contributed by atoms with Crippen molar-refractivity contribution >= 4 is 43.0 Å². The van der Waals surface area contributed by atoms with Gasteiger partial charge in [0.05, 0.1) is 12.0 Å². The molecule has 2 aliphatic rings. The van der Waals surface area contributed by atoms with Gasteiger partial charge < -0.3 is 52.7 Å². The van der Waals surface area contributed by atoms with Gasteiger partial charge in [0.1, 0.15) is 42.2 Å². The first-order valence-corrected chi connectivity index (χ1v) is 14.9. The van der Waals surface area contributed by atoms with Gasteiger partial charge in [-0.15, -0.1) is 0 Å². The second-order valence-corrected chi connectivity index (χ2v) is 12.5. The fraction of sp³-hybridized carbons (Fsp3) is 0.765. The molecule has 238 valence electrons. The summed E-state index contributed by atoms with van der Waals surface area (Å²) in [5, 5.41) is 32.3. The molecule has 0 radical (unpaired) electrons. The molecule has 8 atom stereocenters. The molecule has 0 spiro atoms. The monoisotopic (exact) mass is 749 g/mol. The number of aliphatic hydroxyl groups excluding tert-OH is 2. The predicted octanol–water partition coefficient (Wildman–Crippen LogP) is -17.8. The van der Waals surface area contributed by atoms with Crippen molar-refractivity contribution in [2.24, 2.45) is 5.41 Å². The standard InChI is InChI=1S/C17H27NO20S3.4Na/c1-17(2,3)16(23)37-14-9(18-39(24,25)26)10(20)12(8(35-14)5-33-40(27,28)29)36-15-11(38-41(30,31)32)6(19)4-7(34-15)13(21)22;;;;/h4,6,8-12,14-15,18-20H,5H2,1-3H3,(H,21,22)(H,24,25,26)(H,27,28,29)(H,30,31,32);;;;/q;4*+1/p-4/t6-,8+,9+,10+,11+,12+,14-,15-;;;;/m0..../s1. The molecule has 0 saturated carbocycles. The summed E-state index contributed by atoms with van der Waals surface area (Å²) in [6.45, 7) is 2.60. The molecule has 0 bridgehead atoms. The minimum Gasteiger partial charge on any atom is -0.735 e. The molecule has 0 aromatic heterocycles. The average molecular weight is 750 g/mol. The summed E-state index contributed by atoms with van der Waals surface area (Å²) in [5.41, 5.74) is -1.30. The number of aliphatic carboxylic acids is 1. The molecule has 1 saturated heterocycles. The van der Waals surface area contributed by atoms with Crippen molar-refractivity contribution in [3.8, 4) is 0 Å². The van der Waals surface area contributed by atoms with Gasteiger partial charge in [-0.3, -0.25) is 13.2 Å². The first-order chi connectivity index (χ1) is 18.4. The van der Waals surface area contributed by atoms with E-state index in [0.717, 1.165) is 0 Å². The zero-order chi connectivity index (χ0) is 31.7. The number of carbonyl (C=O) groups excluding carboxylic acids is 2. The third-order valence-corrected chi connectivity index (χ3v) is 6.50. The molecular formula is C17H23NNa4O20S3. The normalized spacial score (nSPS) is 28.8. The number of carboxylic acids is 1. The Bertz CT molecular complexity index is 1350. The summed E-state index contributed by atoms with van der Waals surface area (Å²) in [5.74, 6) is -4.46. The third kappa shape index (κ3) is 17.1. The summed E-state index contributed by atoms with van der Waals surface area (Å²) in [4.78, 5) is 23.7. The van der Waals surface area contributed by atoms with E-state index < -0.39 is 110 Å². The fourth-order valence-corrected chi connectivity index (χ4v) is 4.67. The van der Waals surface area contributed by atoms with Gasteiger partial charge in [-0.1, -0.05) is 0 Å². The zero-order valence-electron chi connectivity index (χ0n) is 24.9. The molecule has 3 N–H and O–H groups in total. The van der Waals surface area contributed by atoms with E-state index in [2.05, 4.69) is 8.37 Å². The summed E-state index contributed by atoms with van der Waals surface area (Å²) in [6, 6.07) is -2.28. The molecule has 0 amide bonds. The largest absolute Gasteiger partial charge is 1.00 e. The number of hydrogen-bond acceptors (Lipinski definition) is 20. The topological polar surface area (TPSA) is 337 Å². The van der Waals surface area contributed by atoms with Crippen molar-refractivity contribution in [1.29, 1.82) is 0 Å². The van der Waals surface area contributed by atoms with Crippen LogP contribution in [0.4, 0.5) is 0 Å². The average Bonchev–Trinajstić information content (AvgIpc) is 2.76.